The number of halogens is 1. The van der Waals surface area contributed by atoms with Crippen molar-refractivity contribution in [3.05, 3.63) is 22.7 Å². The average molecular weight is 281 g/mol. The summed E-state index contributed by atoms with van der Waals surface area (Å²) in [6.45, 7) is 0.732. The van der Waals surface area contributed by atoms with Crippen LogP contribution in [-0.2, 0) is 0 Å². The summed E-state index contributed by atoms with van der Waals surface area (Å²) in [4.78, 5) is 11.1. The van der Waals surface area contributed by atoms with Crippen molar-refractivity contribution >= 4 is 23.7 Å². The van der Waals surface area contributed by atoms with Crippen LogP contribution in [0.15, 0.2) is 16.7 Å². The number of carbonyl (C=O) groups excluding carboxylic acids is 1. The minimum Gasteiger partial charge on any atom is -0.485 e. The molecule has 0 amide bonds. The standard InChI is InChI=1S/C12H9ClN2O4/c13-8-3-6(9-4-10(14)15-19-9)11-12(7(8)5-16)18-2-1-17-11/h3-5H,1-2H2,(H2,14,15). The molecule has 0 radical (unpaired) electrons. The second-order valence-corrected chi connectivity index (χ2v) is 4.32. The van der Waals surface area contributed by atoms with Gasteiger partial charge in [0.05, 0.1) is 16.1 Å². The molecule has 6 nitrogen and oxygen atoms in total. The van der Waals surface area contributed by atoms with Crippen LogP contribution >= 0.6 is 11.6 Å². The first-order valence-electron chi connectivity index (χ1n) is 5.50. The summed E-state index contributed by atoms with van der Waals surface area (Å²) < 4.78 is 16.1. The Kier molecular flexibility index (Phi) is 2.79. The molecule has 0 bridgehead atoms. The number of hydrogen-bond donors (Lipinski definition) is 1. The molecule has 1 aromatic heterocycles. The molecule has 7 heteroatoms. The van der Waals surface area contributed by atoms with Gasteiger partial charge >= 0.3 is 0 Å². The summed E-state index contributed by atoms with van der Waals surface area (Å²) in [5.74, 6) is 1.38. The monoisotopic (exact) mass is 280 g/mol. The first-order valence-corrected chi connectivity index (χ1v) is 5.88. The Morgan fingerprint density at radius 3 is 2.63 bits per heavy atom. The summed E-state index contributed by atoms with van der Waals surface area (Å²) in [5.41, 5.74) is 6.33. The third-order valence-corrected chi connectivity index (χ3v) is 3.02. The molecule has 2 heterocycles. The van der Waals surface area contributed by atoms with Crippen molar-refractivity contribution in [2.75, 3.05) is 18.9 Å². The van der Waals surface area contributed by atoms with Gasteiger partial charge in [-0.2, -0.15) is 0 Å². The molecule has 0 spiro atoms. The summed E-state index contributed by atoms with van der Waals surface area (Å²) in [5, 5.41) is 3.86. The summed E-state index contributed by atoms with van der Waals surface area (Å²) in [6.07, 6.45) is 0.633. The van der Waals surface area contributed by atoms with Gasteiger partial charge < -0.3 is 19.7 Å². The Labute approximate surface area is 113 Å². The number of anilines is 1. The maximum Gasteiger partial charge on any atom is 0.174 e. The van der Waals surface area contributed by atoms with E-state index >= 15 is 0 Å². The van der Waals surface area contributed by atoms with Gasteiger partial charge in [0, 0.05) is 6.07 Å². The predicted molar refractivity (Wildman–Crippen MR) is 67.7 cm³/mol. The van der Waals surface area contributed by atoms with Crippen molar-refractivity contribution in [3.63, 3.8) is 0 Å². The highest BCUT2D eigenvalue weighted by molar-refractivity contribution is 6.33. The van der Waals surface area contributed by atoms with E-state index in [1.54, 1.807) is 12.1 Å². The Bertz CT molecular complexity index is 653. The van der Waals surface area contributed by atoms with Gasteiger partial charge in [-0.25, -0.2) is 0 Å². The number of ether oxygens (including phenoxy) is 2. The van der Waals surface area contributed by atoms with E-state index in [-0.39, 0.29) is 16.4 Å². The van der Waals surface area contributed by atoms with E-state index in [4.69, 9.17) is 31.3 Å². The van der Waals surface area contributed by atoms with Crippen LogP contribution in [0.3, 0.4) is 0 Å². The Morgan fingerprint density at radius 2 is 2.00 bits per heavy atom. The van der Waals surface area contributed by atoms with E-state index < -0.39 is 0 Å². The number of nitrogens with zero attached hydrogens (tertiary/aromatic N) is 1. The number of aldehydes is 1. The van der Waals surface area contributed by atoms with Crippen molar-refractivity contribution in [2.45, 2.75) is 0 Å². The van der Waals surface area contributed by atoms with Gasteiger partial charge in [0.2, 0.25) is 0 Å². The van der Waals surface area contributed by atoms with Gasteiger partial charge in [-0.3, -0.25) is 4.79 Å². The second kappa shape index (κ2) is 4.47. The van der Waals surface area contributed by atoms with Crippen molar-refractivity contribution in [2.24, 2.45) is 0 Å². The Balaban J connectivity index is 2.25. The molecule has 1 aromatic carbocycles. The molecule has 0 atom stereocenters. The summed E-state index contributed by atoms with van der Waals surface area (Å²) in [6, 6.07) is 3.11. The fourth-order valence-corrected chi connectivity index (χ4v) is 2.15. The van der Waals surface area contributed by atoms with Gasteiger partial charge in [0.25, 0.3) is 0 Å². The highest BCUT2D eigenvalue weighted by atomic mass is 35.5. The van der Waals surface area contributed by atoms with Gasteiger partial charge in [-0.15, -0.1) is 0 Å². The fourth-order valence-electron chi connectivity index (χ4n) is 1.91. The van der Waals surface area contributed by atoms with Crippen LogP contribution in [-0.4, -0.2) is 24.7 Å². The summed E-state index contributed by atoms with van der Waals surface area (Å²) >= 11 is 6.06. The van der Waals surface area contributed by atoms with Gasteiger partial charge in [-0.1, -0.05) is 16.8 Å². The lowest BCUT2D eigenvalue weighted by atomic mass is 10.1. The van der Waals surface area contributed by atoms with Crippen LogP contribution in [0.25, 0.3) is 11.3 Å². The van der Waals surface area contributed by atoms with Crippen LogP contribution < -0.4 is 15.2 Å². The number of rotatable bonds is 2. The summed E-state index contributed by atoms with van der Waals surface area (Å²) in [7, 11) is 0. The molecule has 1 aliphatic heterocycles. The number of nitrogen functional groups attached to an aromatic ring is 1. The predicted octanol–water partition coefficient (Wildman–Crippen LogP) is 2.16. The molecule has 98 valence electrons. The van der Waals surface area contributed by atoms with E-state index in [2.05, 4.69) is 5.16 Å². The zero-order valence-corrected chi connectivity index (χ0v) is 10.4. The minimum absolute atomic E-state index is 0.246. The quantitative estimate of drug-likeness (QED) is 0.848. The van der Waals surface area contributed by atoms with E-state index in [0.717, 1.165) is 0 Å². The molecule has 19 heavy (non-hydrogen) atoms. The SMILES string of the molecule is Nc1cc(-c2cc(Cl)c(C=O)c3c2OCCO3)on1. The third kappa shape index (κ3) is 1.90. The zero-order chi connectivity index (χ0) is 13.4. The van der Waals surface area contributed by atoms with Crippen LogP contribution in [0.1, 0.15) is 10.4 Å². The van der Waals surface area contributed by atoms with Crippen LogP contribution in [0.4, 0.5) is 5.82 Å². The maximum absolute atomic E-state index is 11.1. The van der Waals surface area contributed by atoms with E-state index in [0.29, 0.717) is 42.3 Å². The van der Waals surface area contributed by atoms with E-state index in [1.807, 2.05) is 0 Å². The van der Waals surface area contributed by atoms with Crippen molar-refractivity contribution in [3.8, 4) is 22.8 Å². The van der Waals surface area contributed by atoms with Gasteiger partial charge in [0.1, 0.15) is 13.2 Å². The first kappa shape index (κ1) is 11.9. The lowest BCUT2D eigenvalue weighted by Crippen LogP contribution is -2.17. The number of fused-ring (bicyclic) bond motifs is 1. The molecule has 0 aliphatic carbocycles. The van der Waals surface area contributed by atoms with E-state index in [9.17, 15) is 4.79 Å². The van der Waals surface area contributed by atoms with Crippen LogP contribution in [0, 0.1) is 0 Å². The number of benzene rings is 1. The lowest BCUT2D eigenvalue weighted by molar-refractivity contribution is 0.111. The normalized spacial score (nSPS) is 13.3. The molecule has 2 aromatic rings. The average Bonchev–Trinajstić information content (AvgIpc) is 2.84. The number of hydrogen-bond acceptors (Lipinski definition) is 6. The lowest BCUT2D eigenvalue weighted by Gasteiger charge is -2.22. The van der Waals surface area contributed by atoms with E-state index in [1.165, 1.54) is 0 Å². The molecule has 0 fully saturated rings. The molecular weight excluding hydrogens is 272 g/mol. The number of carbonyl (C=O) groups is 1. The zero-order valence-electron chi connectivity index (χ0n) is 9.68. The Morgan fingerprint density at radius 1 is 1.26 bits per heavy atom. The van der Waals surface area contributed by atoms with Crippen molar-refractivity contribution in [1.29, 1.82) is 0 Å². The second-order valence-electron chi connectivity index (χ2n) is 3.91. The van der Waals surface area contributed by atoms with Crippen molar-refractivity contribution < 1.29 is 18.8 Å². The van der Waals surface area contributed by atoms with Crippen LogP contribution in [0.5, 0.6) is 11.5 Å². The highest BCUT2D eigenvalue weighted by Gasteiger charge is 2.25. The number of aromatic nitrogens is 1. The molecule has 3 rings (SSSR count). The fraction of sp³-hybridized carbons (Fsp3) is 0.167. The molecule has 0 saturated heterocycles. The van der Waals surface area contributed by atoms with Crippen molar-refractivity contribution in [1.82, 2.24) is 5.16 Å². The smallest absolute Gasteiger partial charge is 0.174 e. The molecular formula is C12H9ClN2O4. The third-order valence-electron chi connectivity index (χ3n) is 2.71. The molecule has 0 unspecified atom stereocenters. The highest BCUT2D eigenvalue weighted by Crippen LogP contribution is 2.45. The molecule has 1 aliphatic rings. The molecule has 2 N–H and O–H groups in total. The van der Waals surface area contributed by atoms with Gasteiger partial charge in [0.15, 0.2) is 29.4 Å². The largest absolute Gasteiger partial charge is 0.485 e. The Hall–Kier alpha value is -2.21. The maximum atomic E-state index is 11.1. The molecule has 0 saturated carbocycles. The first-order chi connectivity index (χ1) is 9.20. The topological polar surface area (TPSA) is 87.6 Å². The van der Waals surface area contributed by atoms with Crippen LogP contribution in [0.2, 0.25) is 5.02 Å². The minimum atomic E-state index is 0.246. The van der Waals surface area contributed by atoms with Gasteiger partial charge in [-0.05, 0) is 6.07 Å². The number of nitrogens with two attached hydrogens (primary N) is 1.